The summed E-state index contributed by atoms with van der Waals surface area (Å²) in [7, 11) is 1.28. The summed E-state index contributed by atoms with van der Waals surface area (Å²) < 4.78 is 20.6. The second kappa shape index (κ2) is 9.38. The van der Waals surface area contributed by atoms with Gasteiger partial charge in [-0.05, 0) is 45.0 Å². The van der Waals surface area contributed by atoms with Crippen molar-refractivity contribution in [1.82, 2.24) is 19.9 Å². The summed E-state index contributed by atoms with van der Waals surface area (Å²) in [6.45, 7) is 5.63. The van der Waals surface area contributed by atoms with Crippen molar-refractivity contribution in [3.05, 3.63) is 65.4 Å². The first kappa shape index (κ1) is 21.9. The van der Waals surface area contributed by atoms with Crippen LogP contribution in [0.2, 0.25) is 0 Å². The summed E-state index contributed by atoms with van der Waals surface area (Å²) in [4.78, 5) is 20.5. The summed E-state index contributed by atoms with van der Waals surface area (Å²) in [5.74, 6) is 0.314. The van der Waals surface area contributed by atoms with Gasteiger partial charge in [0.05, 0.1) is 24.2 Å². The van der Waals surface area contributed by atoms with Gasteiger partial charge in [-0.15, -0.1) is 0 Å². The number of ether oxygens (including phenoxy) is 1. The van der Waals surface area contributed by atoms with Crippen molar-refractivity contribution in [2.24, 2.45) is 0 Å². The Morgan fingerprint density at radius 3 is 2.52 bits per heavy atom. The Morgan fingerprint density at radius 2 is 1.87 bits per heavy atom. The first-order valence-electron chi connectivity index (χ1n) is 9.76. The summed E-state index contributed by atoms with van der Waals surface area (Å²) >= 11 is 0. The standard InChI is InChI=1S/C22H25FN6O2/c1-13(25-22(30)31-4)11-17(24)19-12-20(26-18-8-6-5-7-16(18)23)28-21(27-19)29-14(2)9-10-15(29)3/h5-10,12-13,24H,11H2,1-4H3,(H,25,30)(H,26,27,28)/t13-/m1/s1. The Labute approximate surface area is 180 Å². The summed E-state index contributed by atoms with van der Waals surface area (Å²) in [6, 6.07) is 11.4. The van der Waals surface area contributed by atoms with Crippen LogP contribution in [0.1, 0.15) is 30.4 Å². The average Bonchev–Trinajstić information content (AvgIpc) is 3.07. The third-order valence-electron chi connectivity index (χ3n) is 4.69. The van der Waals surface area contributed by atoms with Crippen LogP contribution in [0.5, 0.6) is 0 Å². The third kappa shape index (κ3) is 5.25. The molecule has 8 nitrogen and oxygen atoms in total. The number of methoxy groups -OCH3 is 1. The molecule has 0 bridgehead atoms. The van der Waals surface area contributed by atoms with E-state index >= 15 is 0 Å². The van der Waals surface area contributed by atoms with E-state index in [0.717, 1.165) is 11.4 Å². The molecule has 3 rings (SSSR count). The number of hydrogen-bond acceptors (Lipinski definition) is 6. The number of amides is 1. The zero-order valence-electron chi connectivity index (χ0n) is 17.9. The van der Waals surface area contributed by atoms with Crippen molar-refractivity contribution in [2.45, 2.75) is 33.2 Å². The molecule has 31 heavy (non-hydrogen) atoms. The number of halogens is 1. The van der Waals surface area contributed by atoms with E-state index < -0.39 is 11.9 Å². The molecule has 1 atom stereocenters. The molecule has 0 spiro atoms. The fraction of sp³-hybridized carbons (Fsp3) is 0.273. The second-order valence-electron chi connectivity index (χ2n) is 7.21. The molecule has 3 aromatic rings. The lowest BCUT2D eigenvalue weighted by molar-refractivity contribution is 0.167. The van der Waals surface area contributed by atoms with Crippen LogP contribution in [-0.4, -0.2) is 39.5 Å². The van der Waals surface area contributed by atoms with Gasteiger partial charge in [-0.2, -0.15) is 4.98 Å². The number of carbonyl (C=O) groups is 1. The molecule has 0 aliphatic heterocycles. The fourth-order valence-electron chi connectivity index (χ4n) is 3.16. The number of hydrogen-bond donors (Lipinski definition) is 3. The predicted octanol–water partition coefficient (Wildman–Crippen LogP) is 4.27. The zero-order chi connectivity index (χ0) is 22.5. The molecule has 0 fully saturated rings. The van der Waals surface area contributed by atoms with Crippen LogP contribution in [0.15, 0.2) is 42.5 Å². The van der Waals surface area contributed by atoms with Gasteiger partial charge in [-0.3, -0.25) is 4.57 Å². The molecule has 0 unspecified atom stereocenters. The number of aryl methyl sites for hydroxylation is 2. The van der Waals surface area contributed by atoms with Gasteiger partial charge in [0.1, 0.15) is 11.6 Å². The van der Waals surface area contributed by atoms with Crippen molar-refractivity contribution >= 4 is 23.3 Å². The maximum atomic E-state index is 14.2. The van der Waals surface area contributed by atoms with Gasteiger partial charge in [-0.25, -0.2) is 14.2 Å². The number of para-hydroxylation sites is 1. The lowest BCUT2D eigenvalue weighted by Crippen LogP contribution is -2.34. The quantitative estimate of drug-likeness (QED) is 0.491. The van der Waals surface area contributed by atoms with Crippen LogP contribution in [0, 0.1) is 25.1 Å². The van der Waals surface area contributed by atoms with Crippen molar-refractivity contribution in [3.63, 3.8) is 0 Å². The molecule has 162 valence electrons. The molecule has 0 aliphatic rings. The van der Waals surface area contributed by atoms with E-state index in [2.05, 4.69) is 25.3 Å². The molecular weight excluding hydrogens is 399 g/mol. The summed E-state index contributed by atoms with van der Waals surface area (Å²) in [6.07, 6.45) is -0.335. The lowest BCUT2D eigenvalue weighted by Gasteiger charge is -2.16. The molecular formula is C22H25FN6O2. The van der Waals surface area contributed by atoms with Crippen LogP contribution in [0.25, 0.3) is 5.95 Å². The van der Waals surface area contributed by atoms with Gasteiger partial charge in [0.2, 0.25) is 5.95 Å². The van der Waals surface area contributed by atoms with E-state index in [1.54, 1.807) is 31.2 Å². The van der Waals surface area contributed by atoms with Crippen molar-refractivity contribution in [2.75, 3.05) is 12.4 Å². The van der Waals surface area contributed by atoms with Crippen molar-refractivity contribution < 1.29 is 13.9 Å². The van der Waals surface area contributed by atoms with E-state index in [1.165, 1.54) is 13.2 Å². The van der Waals surface area contributed by atoms with E-state index in [1.807, 2.05) is 30.5 Å². The topological polar surface area (TPSA) is 105 Å². The minimum Gasteiger partial charge on any atom is -0.453 e. The number of benzene rings is 1. The smallest absolute Gasteiger partial charge is 0.407 e. The highest BCUT2D eigenvalue weighted by Crippen LogP contribution is 2.22. The number of nitrogens with zero attached hydrogens (tertiary/aromatic N) is 3. The molecule has 9 heteroatoms. The Balaban J connectivity index is 1.98. The SMILES string of the molecule is COC(=O)N[C@H](C)CC(=N)c1cc(Nc2ccccc2F)nc(-n2c(C)ccc2C)n1. The Hall–Kier alpha value is -3.75. The van der Waals surface area contributed by atoms with Crippen LogP contribution < -0.4 is 10.6 Å². The maximum Gasteiger partial charge on any atom is 0.407 e. The summed E-state index contributed by atoms with van der Waals surface area (Å²) in [5.41, 5.74) is 2.70. The minimum absolute atomic E-state index is 0.201. The van der Waals surface area contributed by atoms with Gasteiger partial charge >= 0.3 is 6.09 Å². The zero-order valence-corrected chi connectivity index (χ0v) is 17.9. The fourth-order valence-corrected chi connectivity index (χ4v) is 3.16. The Morgan fingerprint density at radius 1 is 1.19 bits per heavy atom. The minimum atomic E-state index is -0.566. The van der Waals surface area contributed by atoms with Gasteiger partial charge in [-0.1, -0.05) is 12.1 Å². The number of rotatable bonds is 7. The number of carbonyl (C=O) groups excluding carboxylic acids is 1. The van der Waals surface area contributed by atoms with Gasteiger partial charge < -0.3 is 20.8 Å². The first-order valence-corrected chi connectivity index (χ1v) is 9.76. The maximum absolute atomic E-state index is 14.2. The van der Waals surface area contributed by atoms with E-state index in [4.69, 9.17) is 5.41 Å². The van der Waals surface area contributed by atoms with Crippen molar-refractivity contribution in [1.29, 1.82) is 5.41 Å². The number of nitrogens with one attached hydrogen (secondary N) is 3. The number of aromatic nitrogens is 3. The molecule has 2 heterocycles. The summed E-state index contributed by atoms with van der Waals surface area (Å²) in [5, 5.41) is 14.1. The molecule has 0 saturated carbocycles. The van der Waals surface area contributed by atoms with Gasteiger partial charge in [0, 0.05) is 29.9 Å². The highest BCUT2D eigenvalue weighted by Gasteiger charge is 2.17. The van der Waals surface area contributed by atoms with Crippen LogP contribution >= 0.6 is 0 Å². The third-order valence-corrected chi connectivity index (χ3v) is 4.69. The Kier molecular flexibility index (Phi) is 6.64. The number of alkyl carbamates (subject to hydrolysis) is 1. The Bertz CT molecular complexity index is 1090. The largest absolute Gasteiger partial charge is 0.453 e. The van der Waals surface area contributed by atoms with Gasteiger partial charge in [0.15, 0.2) is 0 Å². The van der Waals surface area contributed by atoms with Crippen LogP contribution in [0.3, 0.4) is 0 Å². The van der Waals surface area contributed by atoms with E-state index in [9.17, 15) is 9.18 Å². The highest BCUT2D eigenvalue weighted by molar-refractivity contribution is 5.97. The molecule has 2 aromatic heterocycles. The molecule has 1 amide bonds. The van der Waals surface area contributed by atoms with Gasteiger partial charge in [0.25, 0.3) is 0 Å². The van der Waals surface area contributed by atoms with Crippen LogP contribution in [-0.2, 0) is 4.74 Å². The molecule has 0 radical (unpaired) electrons. The first-order chi connectivity index (χ1) is 14.8. The normalized spacial score (nSPS) is 11.6. The number of anilines is 2. The molecule has 0 saturated heterocycles. The lowest BCUT2D eigenvalue weighted by atomic mass is 10.1. The van der Waals surface area contributed by atoms with Crippen LogP contribution in [0.4, 0.5) is 20.7 Å². The highest BCUT2D eigenvalue weighted by atomic mass is 19.1. The second-order valence-corrected chi connectivity index (χ2v) is 7.21. The average molecular weight is 424 g/mol. The molecule has 0 aliphatic carbocycles. The molecule has 3 N–H and O–H groups in total. The predicted molar refractivity (Wildman–Crippen MR) is 117 cm³/mol. The van der Waals surface area contributed by atoms with E-state index in [0.29, 0.717) is 17.5 Å². The molecule has 1 aromatic carbocycles. The van der Waals surface area contributed by atoms with Crippen molar-refractivity contribution in [3.8, 4) is 5.95 Å². The van der Waals surface area contributed by atoms with E-state index in [-0.39, 0.29) is 23.9 Å². The monoisotopic (exact) mass is 424 g/mol.